The molecule has 0 saturated heterocycles. The van der Waals surface area contributed by atoms with Crippen LogP contribution in [-0.2, 0) is 19.5 Å². The number of benzene rings is 1. The topological polar surface area (TPSA) is 42.1 Å². The lowest BCUT2D eigenvalue weighted by Crippen LogP contribution is -2.19. The van der Waals surface area contributed by atoms with Crippen molar-refractivity contribution in [3.8, 4) is 0 Å². The zero-order chi connectivity index (χ0) is 14.5. The molecule has 0 atom stereocenters. The Bertz CT molecular complexity index is 561. The predicted molar refractivity (Wildman–Crippen MR) is 85.1 cm³/mol. The van der Waals surface area contributed by atoms with Crippen molar-refractivity contribution in [3.63, 3.8) is 0 Å². The van der Waals surface area contributed by atoms with Gasteiger partial charge in [0.15, 0.2) is 0 Å². The summed E-state index contributed by atoms with van der Waals surface area (Å²) in [6, 6.07) is 12.0. The summed E-state index contributed by atoms with van der Waals surface area (Å²) >= 11 is 6.21. The molecule has 2 aromatic rings. The van der Waals surface area contributed by atoms with E-state index in [0.717, 1.165) is 40.6 Å². The fourth-order valence-corrected chi connectivity index (χ4v) is 2.29. The molecule has 0 aliphatic heterocycles. The van der Waals surface area contributed by atoms with Crippen molar-refractivity contribution in [2.45, 2.75) is 26.4 Å². The Morgan fingerprint density at radius 3 is 2.65 bits per heavy atom. The number of hydrogen-bond donors (Lipinski definition) is 1. The van der Waals surface area contributed by atoms with Crippen LogP contribution in [-0.4, -0.2) is 12.0 Å². The van der Waals surface area contributed by atoms with Gasteiger partial charge in [-0.15, -0.1) is 0 Å². The van der Waals surface area contributed by atoms with Gasteiger partial charge in [0.1, 0.15) is 5.82 Å². The average Bonchev–Trinajstić information content (AvgIpc) is 2.48. The highest BCUT2D eigenvalue weighted by Crippen LogP contribution is 2.20. The largest absolute Gasteiger partial charge is 0.355 e. The van der Waals surface area contributed by atoms with Crippen molar-refractivity contribution < 1.29 is 0 Å². The van der Waals surface area contributed by atoms with Crippen LogP contribution in [0.1, 0.15) is 23.7 Å². The second-order valence-corrected chi connectivity index (χ2v) is 5.24. The minimum Gasteiger partial charge on any atom is -0.355 e. The molecule has 106 valence electrons. The lowest BCUT2D eigenvalue weighted by Gasteiger charge is -2.20. The molecule has 2 rings (SSSR count). The standard InChI is InChI=1S/C16H20ClN3/c1-3-14-8-12(10-18)9-16(19-14)20(2)11-13-6-4-5-7-15(13)17/h4-9H,3,10-11,18H2,1-2H3. The number of nitrogens with zero attached hydrogens (tertiary/aromatic N) is 2. The van der Waals surface area contributed by atoms with Crippen LogP contribution < -0.4 is 10.6 Å². The van der Waals surface area contributed by atoms with Gasteiger partial charge in [0.2, 0.25) is 0 Å². The maximum Gasteiger partial charge on any atom is 0.129 e. The van der Waals surface area contributed by atoms with E-state index in [1.54, 1.807) is 0 Å². The molecule has 0 fully saturated rings. The van der Waals surface area contributed by atoms with Crippen molar-refractivity contribution >= 4 is 17.4 Å². The summed E-state index contributed by atoms with van der Waals surface area (Å²) in [5.41, 5.74) is 9.02. The Balaban J connectivity index is 2.24. The van der Waals surface area contributed by atoms with Gasteiger partial charge >= 0.3 is 0 Å². The van der Waals surface area contributed by atoms with E-state index in [2.05, 4.69) is 22.9 Å². The van der Waals surface area contributed by atoms with E-state index in [4.69, 9.17) is 17.3 Å². The minimum absolute atomic E-state index is 0.530. The molecule has 0 unspecified atom stereocenters. The normalized spacial score (nSPS) is 10.6. The molecule has 0 bridgehead atoms. The summed E-state index contributed by atoms with van der Waals surface area (Å²) in [4.78, 5) is 6.75. The van der Waals surface area contributed by atoms with Crippen LogP contribution in [0, 0.1) is 0 Å². The molecule has 0 saturated carbocycles. The van der Waals surface area contributed by atoms with Crippen molar-refractivity contribution in [2.75, 3.05) is 11.9 Å². The van der Waals surface area contributed by atoms with Gasteiger partial charge in [-0.05, 0) is 35.7 Å². The van der Waals surface area contributed by atoms with Gasteiger partial charge in [-0.25, -0.2) is 4.98 Å². The van der Waals surface area contributed by atoms with Crippen LogP contribution in [0.2, 0.25) is 5.02 Å². The van der Waals surface area contributed by atoms with E-state index in [1.807, 2.05) is 37.4 Å². The smallest absolute Gasteiger partial charge is 0.129 e. The second kappa shape index (κ2) is 6.73. The van der Waals surface area contributed by atoms with Gasteiger partial charge in [0.25, 0.3) is 0 Å². The third-order valence-corrected chi connectivity index (χ3v) is 3.65. The lowest BCUT2D eigenvalue weighted by atomic mass is 10.1. The number of aromatic nitrogens is 1. The van der Waals surface area contributed by atoms with Crippen LogP contribution in [0.4, 0.5) is 5.82 Å². The number of aryl methyl sites for hydroxylation is 1. The summed E-state index contributed by atoms with van der Waals surface area (Å²) < 4.78 is 0. The summed E-state index contributed by atoms with van der Waals surface area (Å²) in [5.74, 6) is 0.935. The summed E-state index contributed by atoms with van der Waals surface area (Å²) in [6.45, 7) is 3.35. The molecule has 0 amide bonds. The second-order valence-electron chi connectivity index (χ2n) is 4.83. The number of hydrogen-bond acceptors (Lipinski definition) is 3. The molecule has 2 N–H and O–H groups in total. The van der Waals surface area contributed by atoms with Crippen molar-refractivity contribution in [1.29, 1.82) is 0 Å². The number of pyridine rings is 1. The Hall–Kier alpha value is -1.58. The van der Waals surface area contributed by atoms with Gasteiger partial charge in [0, 0.05) is 30.9 Å². The van der Waals surface area contributed by atoms with Gasteiger partial charge in [-0.1, -0.05) is 36.7 Å². The van der Waals surface area contributed by atoms with Crippen LogP contribution >= 0.6 is 11.6 Å². The van der Waals surface area contributed by atoms with Crippen molar-refractivity contribution in [1.82, 2.24) is 4.98 Å². The van der Waals surface area contributed by atoms with E-state index >= 15 is 0 Å². The van der Waals surface area contributed by atoms with Crippen molar-refractivity contribution in [3.05, 3.63) is 58.2 Å². The van der Waals surface area contributed by atoms with Crippen molar-refractivity contribution in [2.24, 2.45) is 5.73 Å². The Morgan fingerprint density at radius 2 is 2.00 bits per heavy atom. The Labute approximate surface area is 125 Å². The summed E-state index contributed by atoms with van der Waals surface area (Å²) in [5, 5.41) is 0.782. The van der Waals surface area contributed by atoms with Gasteiger partial charge in [-0.3, -0.25) is 0 Å². The highest BCUT2D eigenvalue weighted by atomic mass is 35.5. The maximum absolute atomic E-state index is 6.21. The Kier molecular flexibility index (Phi) is 4.99. The third kappa shape index (κ3) is 3.50. The molecule has 1 heterocycles. The maximum atomic E-state index is 6.21. The molecule has 0 aliphatic rings. The fourth-order valence-electron chi connectivity index (χ4n) is 2.09. The van der Waals surface area contributed by atoms with E-state index in [0.29, 0.717) is 6.54 Å². The highest BCUT2D eigenvalue weighted by Gasteiger charge is 2.08. The molecule has 4 heteroatoms. The summed E-state index contributed by atoms with van der Waals surface area (Å²) in [6.07, 6.45) is 0.904. The number of anilines is 1. The molecule has 1 aromatic carbocycles. The average molecular weight is 290 g/mol. The van der Waals surface area contributed by atoms with Gasteiger partial charge in [0.05, 0.1) is 0 Å². The molecule has 1 aromatic heterocycles. The van der Waals surface area contributed by atoms with Crippen LogP contribution in [0.25, 0.3) is 0 Å². The third-order valence-electron chi connectivity index (χ3n) is 3.28. The monoisotopic (exact) mass is 289 g/mol. The number of nitrogens with two attached hydrogens (primary N) is 1. The SMILES string of the molecule is CCc1cc(CN)cc(N(C)Cc2ccccc2Cl)n1. The molecule has 0 radical (unpaired) electrons. The van der Waals surface area contributed by atoms with E-state index in [1.165, 1.54) is 0 Å². The quantitative estimate of drug-likeness (QED) is 0.917. The first-order chi connectivity index (χ1) is 9.63. The molecule has 0 spiro atoms. The first kappa shape index (κ1) is 14.8. The molecule has 3 nitrogen and oxygen atoms in total. The highest BCUT2D eigenvalue weighted by molar-refractivity contribution is 6.31. The minimum atomic E-state index is 0.530. The van der Waals surface area contributed by atoms with E-state index < -0.39 is 0 Å². The van der Waals surface area contributed by atoms with Crippen LogP contribution in [0.3, 0.4) is 0 Å². The number of rotatable bonds is 5. The van der Waals surface area contributed by atoms with E-state index in [-0.39, 0.29) is 0 Å². The van der Waals surface area contributed by atoms with Crippen LogP contribution in [0.5, 0.6) is 0 Å². The predicted octanol–water partition coefficient (Wildman–Crippen LogP) is 3.39. The first-order valence-electron chi connectivity index (χ1n) is 6.78. The fraction of sp³-hybridized carbons (Fsp3) is 0.312. The first-order valence-corrected chi connectivity index (χ1v) is 7.16. The van der Waals surface area contributed by atoms with Gasteiger partial charge < -0.3 is 10.6 Å². The zero-order valence-corrected chi connectivity index (χ0v) is 12.7. The lowest BCUT2D eigenvalue weighted by molar-refractivity contribution is 0.875. The molecular weight excluding hydrogens is 270 g/mol. The summed E-state index contributed by atoms with van der Waals surface area (Å²) in [7, 11) is 2.02. The molecular formula is C16H20ClN3. The molecule has 0 aliphatic carbocycles. The number of halogens is 1. The van der Waals surface area contributed by atoms with E-state index in [9.17, 15) is 0 Å². The van der Waals surface area contributed by atoms with Gasteiger partial charge in [-0.2, -0.15) is 0 Å². The molecule has 20 heavy (non-hydrogen) atoms. The zero-order valence-electron chi connectivity index (χ0n) is 11.9. The Morgan fingerprint density at radius 1 is 1.25 bits per heavy atom. The van der Waals surface area contributed by atoms with Crippen LogP contribution in [0.15, 0.2) is 36.4 Å².